The summed E-state index contributed by atoms with van der Waals surface area (Å²) >= 11 is 12.2. The lowest BCUT2D eigenvalue weighted by Crippen LogP contribution is -2.32. The van der Waals surface area contributed by atoms with Crippen LogP contribution < -0.4 is 5.32 Å². The fraction of sp³-hybridized carbons (Fsp3) is 0.571. The molecule has 1 fully saturated rings. The first-order valence-corrected chi connectivity index (χ1v) is 7.32. The smallest absolute Gasteiger partial charge is 0.381 e. The number of nitrogens with one attached hydrogen (secondary N) is 1. The summed E-state index contributed by atoms with van der Waals surface area (Å²) in [5.74, 6) is -1.17. The summed E-state index contributed by atoms with van der Waals surface area (Å²) in [5, 5.41) is 4.35. The van der Waals surface area contributed by atoms with Crippen LogP contribution in [0.5, 0.6) is 0 Å². The van der Waals surface area contributed by atoms with Crippen LogP contribution in [-0.4, -0.2) is 12.2 Å². The summed E-state index contributed by atoms with van der Waals surface area (Å²) < 4.78 is 37.8. The van der Waals surface area contributed by atoms with Crippen molar-refractivity contribution < 1.29 is 13.2 Å². The molecule has 0 aliphatic heterocycles. The molecule has 0 amide bonds. The average Bonchev–Trinajstić information content (AvgIpc) is 2.35. The fourth-order valence-electron chi connectivity index (χ4n) is 2.54. The number of rotatable bonds is 2. The van der Waals surface area contributed by atoms with Crippen molar-refractivity contribution in [3.63, 3.8) is 0 Å². The summed E-state index contributed by atoms with van der Waals surface area (Å²) in [6, 6.07) is 3.51. The zero-order chi connectivity index (χ0) is 14.9. The molecule has 1 aliphatic carbocycles. The molecule has 0 bridgehead atoms. The molecule has 6 heteroatoms. The molecule has 112 valence electrons. The second-order valence-corrected chi connectivity index (χ2v) is 6.13. The van der Waals surface area contributed by atoms with Crippen LogP contribution in [0, 0.1) is 12.8 Å². The van der Waals surface area contributed by atoms with Crippen LogP contribution in [0.3, 0.4) is 0 Å². The highest BCUT2D eigenvalue weighted by Gasteiger charge is 2.41. The van der Waals surface area contributed by atoms with Gasteiger partial charge in [-0.2, -0.15) is 13.2 Å². The van der Waals surface area contributed by atoms with E-state index >= 15 is 0 Å². The van der Waals surface area contributed by atoms with E-state index in [0.29, 0.717) is 28.6 Å². The number of hydrogen-bond donors (Lipinski definition) is 1. The molecule has 0 spiro atoms. The predicted molar refractivity (Wildman–Crippen MR) is 76.6 cm³/mol. The van der Waals surface area contributed by atoms with Crippen LogP contribution in [-0.2, 0) is 0 Å². The molecule has 0 atom stereocenters. The summed E-state index contributed by atoms with van der Waals surface area (Å²) in [5.41, 5.74) is 1.57. The Bertz CT molecular complexity index is 480. The number of benzene rings is 1. The SMILES string of the molecule is Cc1cc(Cl)c(NC2CCC(C(F)(F)F)CC2)cc1Cl. The topological polar surface area (TPSA) is 12.0 Å². The van der Waals surface area contributed by atoms with Gasteiger partial charge >= 0.3 is 6.18 Å². The lowest BCUT2D eigenvalue weighted by molar-refractivity contribution is -0.182. The van der Waals surface area contributed by atoms with Crippen molar-refractivity contribution in [2.45, 2.75) is 44.8 Å². The number of anilines is 1. The van der Waals surface area contributed by atoms with Gasteiger partial charge in [0.15, 0.2) is 0 Å². The van der Waals surface area contributed by atoms with Gasteiger partial charge in [-0.05, 0) is 50.3 Å². The number of aryl methyl sites for hydroxylation is 1. The summed E-state index contributed by atoms with van der Waals surface area (Å²) in [4.78, 5) is 0. The van der Waals surface area contributed by atoms with E-state index in [1.165, 1.54) is 0 Å². The first kappa shape index (κ1) is 15.8. The van der Waals surface area contributed by atoms with Crippen molar-refractivity contribution in [2.24, 2.45) is 5.92 Å². The molecule has 0 unspecified atom stereocenters. The molecule has 1 aliphatic rings. The van der Waals surface area contributed by atoms with Gasteiger partial charge in [0.05, 0.1) is 16.6 Å². The van der Waals surface area contributed by atoms with Gasteiger partial charge in [0, 0.05) is 11.1 Å². The van der Waals surface area contributed by atoms with Gasteiger partial charge < -0.3 is 5.32 Å². The molecule has 1 nitrogen and oxygen atoms in total. The van der Waals surface area contributed by atoms with E-state index in [1.54, 1.807) is 12.1 Å². The van der Waals surface area contributed by atoms with Gasteiger partial charge in [0.1, 0.15) is 0 Å². The van der Waals surface area contributed by atoms with E-state index < -0.39 is 12.1 Å². The minimum absolute atomic E-state index is 0.0184. The van der Waals surface area contributed by atoms with Crippen molar-refractivity contribution in [1.82, 2.24) is 0 Å². The van der Waals surface area contributed by atoms with Gasteiger partial charge in [-0.15, -0.1) is 0 Å². The van der Waals surface area contributed by atoms with E-state index in [4.69, 9.17) is 23.2 Å². The number of alkyl halides is 3. The molecular weight excluding hydrogens is 310 g/mol. The third-order valence-electron chi connectivity index (χ3n) is 3.80. The van der Waals surface area contributed by atoms with Crippen LogP contribution in [0.25, 0.3) is 0 Å². The molecule has 0 radical (unpaired) electrons. The fourth-order valence-corrected chi connectivity index (χ4v) is 2.98. The van der Waals surface area contributed by atoms with Crippen molar-refractivity contribution in [3.8, 4) is 0 Å². The monoisotopic (exact) mass is 325 g/mol. The number of hydrogen-bond acceptors (Lipinski definition) is 1. The van der Waals surface area contributed by atoms with E-state index in [0.717, 1.165) is 5.56 Å². The average molecular weight is 326 g/mol. The molecule has 20 heavy (non-hydrogen) atoms. The Morgan fingerprint density at radius 3 is 2.20 bits per heavy atom. The second-order valence-electron chi connectivity index (χ2n) is 5.32. The first-order valence-electron chi connectivity index (χ1n) is 6.56. The number of halogens is 5. The largest absolute Gasteiger partial charge is 0.391 e. The quantitative estimate of drug-likeness (QED) is 0.720. The van der Waals surface area contributed by atoms with Crippen molar-refractivity contribution in [1.29, 1.82) is 0 Å². The highest BCUT2D eigenvalue weighted by molar-refractivity contribution is 6.35. The van der Waals surface area contributed by atoms with Crippen molar-refractivity contribution in [3.05, 3.63) is 27.7 Å². The normalized spacial score (nSPS) is 23.7. The molecule has 0 heterocycles. The van der Waals surface area contributed by atoms with Crippen LogP contribution in [0.4, 0.5) is 18.9 Å². The maximum atomic E-state index is 12.6. The van der Waals surface area contributed by atoms with Crippen LogP contribution in [0.15, 0.2) is 12.1 Å². The van der Waals surface area contributed by atoms with E-state index in [1.807, 2.05) is 6.92 Å². The Balaban J connectivity index is 1.98. The van der Waals surface area contributed by atoms with E-state index in [2.05, 4.69) is 5.32 Å². The lowest BCUT2D eigenvalue weighted by atomic mass is 9.85. The van der Waals surface area contributed by atoms with Gasteiger partial charge in [-0.25, -0.2) is 0 Å². The third-order valence-corrected chi connectivity index (χ3v) is 4.52. The summed E-state index contributed by atoms with van der Waals surface area (Å²) in [6.07, 6.45) is -2.76. The van der Waals surface area contributed by atoms with Gasteiger partial charge in [0.2, 0.25) is 0 Å². The molecule has 2 rings (SSSR count). The lowest BCUT2D eigenvalue weighted by Gasteiger charge is -2.31. The van der Waals surface area contributed by atoms with Crippen molar-refractivity contribution >= 4 is 28.9 Å². The van der Waals surface area contributed by atoms with Gasteiger partial charge in [0.25, 0.3) is 0 Å². The molecule has 0 saturated heterocycles. The Morgan fingerprint density at radius 1 is 1.05 bits per heavy atom. The maximum absolute atomic E-state index is 12.6. The highest BCUT2D eigenvalue weighted by atomic mass is 35.5. The third kappa shape index (κ3) is 3.73. The predicted octanol–water partition coefficient (Wildman–Crippen LogP) is 5.83. The van der Waals surface area contributed by atoms with Gasteiger partial charge in [-0.3, -0.25) is 0 Å². The molecular formula is C14H16Cl2F3N. The first-order chi connectivity index (χ1) is 9.27. The Morgan fingerprint density at radius 2 is 1.65 bits per heavy atom. The Kier molecular flexibility index (Phi) is 4.75. The molecule has 1 aromatic carbocycles. The molecule has 0 aromatic heterocycles. The van der Waals surface area contributed by atoms with E-state index in [-0.39, 0.29) is 18.9 Å². The van der Waals surface area contributed by atoms with Crippen LogP contribution in [0.1, 0.15) is 31.2 Å². The Labute approximate surface area is 126 Å². The molecule has 1 saturated carbocycles. The van der Waals surface area contributed by atoms with Gasteiger partial charge in [-0.1, -0.05) is 23.2 Å². The zero-order valence-electron chi connectivity index (χ0n) is 11.0. The summed E-state index contributed by atoms with van der Waals surface area (Å²) in [7, 11) is 0. The van der Waals surface area contributed by atoms with E-state index in [9.17, 15) is 13.2 Å². The second kappa shape index (κ2) is 6.02. The molecule has 1 aromatic rings. The standard InChI is InChI=1S/C14H16Cl2F3N/c1-8-6-12(16)13(7-11(8)15)20-10-4-2-9(3-5-10)14(17,18)19/h6-7,9-10,20H,2-5H2,1H3. The molecule has 1 N–H and O–H groups in total. The zero-order valence-corrected chi connectivity index (χ0v) is 12.5. The van der Waals surface area contributed by atoms with Crippen molar-refractivity contribution in [2.75, 3.05) is 5.32 Å². The minimum atomic E-state index is -4.07. The summed E-state index contributed by atoms with van der Waals surface area (Å²) in [6.45, 7) is 1.85. The van der Waals surface area contributed by atoms with Crippen LogP contribution in [0.2, 0.25) is 10.0 Å². The van der Waals surface area contributed by atoms with Crippen LogP contribution >= 0.6 is 23.2 Å². The minimum Gasteiger partial charge on any atom is -0.381 e. The Hall–Kier alpha value is -0.610. The maximum Gasteiger partial charge on any atom is 0.391 e. The highest BCUT2D eigenvalue weighted by Crippen LogP contribution is 2.39.